The van der Waals surface area contributed by atoms with E-state index in [2.05, 4.69) is 35.6 Å². The van der Waals surface area contributed by atoms with Crippen molar-refractivity contribution in [2.24, 2.45) is 0 Å². The Bertz CT molecular complexity index is 348. The van der Waals surface area contributed by atoms with Gasteiger partial charge >= 0.3 is 0 Å². The summed E-state index contributed by atoms with van der Waals surface area (Å²) in [6.07, 6.45) is 2.16. The van der Waals surface area contributed by atoms with Crippen LogP contribution in [-0.4, -0.2) is 31.6 Å². The van der Waals surface area contributed by atoms with Crippen LogP contribution in [0.2, 0.25) is 0 Å². The molecule has 1 atom stereocenters. The highest BCUT2D eigenvalue weighted by Gasteiger charge is 2.43. The first-order valence-electron chi connectivity index (χ1n) is 5.90. The molecule has 0 aromatic heterocycles. The van der Waals surface area contributed by atoms with Crippen molar-refractivity contribution in [1.82, 2.24) is 5.32 Å². The van der Waals surface area contributed by atoms with Crippen molar-refractivity contribution in [2.45, 2.75) is 24.6 Å². The molecule has 2 heterocycles. The summed E-state index contributed by atoms with van der Waals surface area (Å²) in [6, 6.07) is 11.1. The van der Waals surface area contributed by atoms with Crippen LogP contribution < -0.4 is 5.32 Å². The zero-order chi connectivity index (χ0) is 10.8. The minimum absolute atomic E-state index is 0.169. The van der Waals surface area contributed by atoms with Crippen LogP contribution in [0.4, 0.5) is 0 Å². The van der Waals surface area contributed by atoms with Gasteiger partial charge in [-0.3, -0.25) is 5.32 Å². The average Bonchev–Trinajstić information content (AvgIpc) is 2.29. The minimum atomic E-state index is -0.169. The molecule has 3 nitrogen and oxygen atoms in total. The van der Waals surface area contributed by atoms with E-state index < -0.39 is 0 Å². The van der Waals surface area contributed by atoms with Crippen LogP contribution >= 0.6 is 0 Å². The molecule has 86 valence electrons. The Hall–Kier alpha value is -0.900. The normalized spacial score (nSPS) is 27.6. The third-order valence-corrected chi connectivity index (χ3v) is 3.31. The smallest absolute Gasteiger partial charge is 0.166 e. The Kier molecular flexibility index (Phi) is 2.67. The Balaban J connectivity index is 1.63. The Morgan fingerprint density at radius 3 is 2.75 bits per heavy atom. The predicted octanol–water partition coefficient (Wildman–Crippen LogP) is 1.33. The summed E-state index contributed by atoms with van der Waals surface area (Å²) < 4.78 is 11.0. The second kappa shape index (κ2) is 4.17. The van der Waals surface area contributed by atoms with Crippen LogP contribution in [-0.2, 0) is 15.9 Å². The number of hydrogen-bond acceptors (Lipinski definition) is 3. The lowest BCUT2D eigenvalue weighted by Gasteiger charge is -2.47. The molecule has 0 amide bonds. The SMILES string of the molecule is c1ccc(CC2CCOC3(COC3)N2)cc1. The summed E-state index contributed by atoms with van der Waals surface area (Å²) in [6.45, 7) is 2.23. The highest BCUT2D eigenvalue weighted by Crippen LogP contribution is 2.25. The van der Waals surface area contributed by atoms with E-state index in [9.17, 15) is 0 Å². The number of nitrogens with one attached hydrogen (secondary N) is 1. The summed E-state index contributed by atoms with van der Waals surface area (Å²) in [5, 5.41) is 3.57. The molecule has 1 unspecified atom stereocenters. The van der Waals surface area contributed by atoms with Crippen molar-refractivity contribution in [3.05, 3.63) is 35.9 Å². The molecule has 1 spiro atoms. The van der Waals surface area contributed by atoms with Gasteiger partial charge in [0.05, 0.1) is 19.8 Å². The molecule has 1 aromatic carbocycles. The monoisotopic (exact) mass is 219 g/mol. The molecule has 2 aliphatic heterocycles. The summed E-state index contributed by atoms with van der Waals surface area (Å²) in [5.74, 6) is 0. The second-order valence-corrected chi connectivity index (χ2v) is 4.66. The van der Waals surface area contributed by atoms with E-state index in [1.807, 2.05) is 0 Å². The molecule has 0 aliphatic carbocycles. The summed E-state index contributed by atoms with van der Waals surface area (Å²) in [5.41, 5.74) is 1.22. The van der Waals surface area contributed by atoms with Crippen molar-refractivity contribution < 1.29 is 9.47 Å². The molecule has 0 radical (unpaired) electrons. The Labute approximate surface area is 95.8 Å². The predicted molar refractivity (Wildman–Crippen MR) is 61.2 cm³/mol. The van der Waals surface area contributed by atoms with Crippen LogP contribution in [0.3, 0.4) is 0 Å². The van der Waals surface area contributed by atoms with E-state index in [-0.39, 0.29) is 5.72 Å². The van der Waals surface area contributed by atoms with E-state index >= 15 is 0 Å². The third-order valence-electron chi connectivity index (χ3n) is 3.31. The van der Waals surface area contributed by atoms with E-state index in [0.29, 0.717) is 19.3 Å². The molecule has 0 saturated carbocycles. The van der Waals surface area contributed by atoms with Gasteiger partial charge in [0.2, 0.25) is 0 Å². The zero-order valence-electron chi connectivity index (χ0n) is 9.32. The van der Waals surface area contributed by atoms with Crippen LogP contribution in [0.5, 0.6) is 0 Å². The second-order valence-electron chi connectivity index (χ2n) is 4.66. The maximum atomic E-state index is 5.73. The van der Waals surface area contributed by atoms with Gasteiger partial charge in [-0.1, -0.05) is 30.3 Å². The minimum Gasteiger partial charge on any atom is -0.372 e. The lowest BCUT2D eigenvalue weighted by atomic mass is 9.99. The average molecular weight is 219 g/mol. The molecule has 16 heavy (non-hydrogen) atoms. The van der Waals surface area contributed by atoms with Gasteiger partial charge in [0.15, 0.2) is 5.72 Å². The van der Waals surface area contributed by atoms with Gasteiger partial charge < -0.3 is 9.47 Å². The van der Waals surface area contributed by atoms with Gasteiger partial charge in [-0.05, 0) is 18.4 Å². The van der Waals surface area contributed by atoms with Crippen LogP contribution in [0, 0.1) is 0 Å². The molecule has 1 aromatic rings. The molecular weight excluding hydrogens is 202 g/mol. The van der Waals surface area contributed by atoms with Gasteiger partial charge in [0.25, 0.3) is 0 Å². The maximum Gasteiger partial charge on any atom is 0.166 e. The Morgan fingerprint density at radius 1 is 1.25 bits per heavy atom. The topological polar surface area (TPSA) is 30.5 Å². The largest absolute Gasteiger partial charge is 0.372 e. The van der Waals surface area contributed by atoms with E-state index in [0.717, 1.165) is 19.4 Å². The van der Waals surface area contributed by atoms with Crippen molar-refractivity contribution in [3.63, 3.8) is 0 Å². The first-order valence-corrected chi connectivity index (χ1v) is 5.90. The summed E-state index contributed by atoms with van der Waals surface area (Å²) in [7, 11) is 0. The first kappa shape index (κ1) is 10.3. The zero-order valence-corrected chi connectivity index (χ0v) is 9.32. The highest BCUT2D eigenvalue weighted by molar-refractivity contribution is 5.16. The van der Waals surface area contributed by atoms with Crippen molar-refractivity contribution >= 4 is 0 Å². The number of ether oxygens (including phenoxy) is 2. The number of benzene rings is 1. The molecule has 1 N–H and O–H groups in total. The molecule has 0 bridgehead atoms. The molecular formula is C13H17NO2. The lowest BCUT2D eigenvalue weighted by Crippen LogP contribution is -2.67. The van der Waals surface area contributed by atoms with Crippen LogP contribution in [0.15, 0.2) is 30.3 Å². The van der Waals surface area contributed by atoms with Gasteiger partial charge in [0, 0.05) is 6.04 Å². The van der Waals surface area contributed by atoms with Gasteiger partial charge in [-0.2, -0.15) is 0 Å². The number of rotatable bonds is 2. The molecule has 3 heteroatoms. The van der Waals surface area contributed by atoms with E-state index in [1.165, 1.54) is 5.56 Å². The van der Waals surface area contributed by atoms with Gasteiger partial charge in [-0.25, -0.2) is 0 Å². The molecule has 2 fully saturated rings. The fraction of sp³-hybridized carbons (Fsp3) is 0.538. The molecule has 2 saturated heterocycles. The van der Waals surface area contributed by atoms with E-state index in [4.69, 9.17) is 9.47 Å². The number of hydrogen-bond donors (Lipinski definition) is 1. The summed E-state index contributed by atoms with van der Waals surface area (Å²) in [4.78, 5) is 0. The van der Waals surface area contributed by atoms with Crippen LogP contribution in [0.25, 0.3) is 0 Å². The fourth-order valence-corrected chi connectivity index (χ4v) is 2.39. The quantitative estimate of drug-likeness (QED) is 0.814. The van der Waals surface area contributed by atoms with Gasteiger partial charge in [-0.15, -0.1) is 0 Å². The van der Waals surface area contributed by atoms with E-state index in [1.54, 1.807) is 0 Å². The Morgan fingerprint density at radius 2 is 2.06 bits per heavy atom. The highest BCUT2D eigenvalue weighted by atomic mass is 16.6. The van der Waals surface area contributed by atoms with Crippen molar-refractivity contribution in [1.29, 1.82) is 0 Å². The fourth-order valence-electron chi connectivity index (χ4n) is 2.39. The summed E-state index contributed by atoms with van der Waals surface area (Å²) >= 11 is 0. The molecule has 3 rings (SSSR count). The van der Waals surface area contributed by atoms with Gasteiger partial charge in [0.1, 0.15) is 0 Å². The molecule has 2 aliphatic rings. The van der Waals surface area contributed by atoms with Crippen LogP contribution in [0.1, 0.15) is 12.0 Å². The van der Waals surface area contributed by atoms with Crippen molar-refractivity contribution in [3.8, 4) is 0 Å². The maximum absolute atomic E-state index is 5.73. The standard InChI is InChI=1S/C13H17NO2/c1-2-4-11(5-3-1)8-12-6-7-16-13(14-12)9-15-10-13/h1-5,12,14H,6-10H2. The third kappa shape index (κ3) is 1.98. The first-order chi connectivity index (χ1) is 7.86. The lowest BCUT2D eigenvalue weighted by molar-refractivity contribution is -0.246. The van der Waals surface area contributed by atoms with Crippen molar-refractivity contribution in [2.75, 3.05) is 19.8 Å².